The molecule has 0 fully saturated rings. The number of phenolic OH excluding ortho intramolecular Hbond substituents is 1. The van der Waals surface area contributed by atoms with Crippen molar-refractivity contribution < 1.29 is 9.90 Å². The second-order valence-electron chi connectivity index (χ2n) is 7.38. The van der Waals surface area contributed by atoms with Crippen molar-refractivity contribution in [3.05, 3.63) is 77.5 Å². The van der Waals surface area contributed by atoms with Gasteiger partial charge in [-0.2, -0.15) is 11.8 Å². The van der Waals surface area contributed by atoms with E-state index in [9.17, 15) is 9.90 Å². The number of primary amides is 1. The highest BCUT2D eigenvalue weighted by molar-refractivity contribution is 7.98. The summed E-state index contributed by atoms with van der Waals surface area (Å²) in [5, 5.41) is 10.8. The van der Waals surface area contributed by atoms with Gasteiger partial charge in [0.2, 0.25) is 5.91 Å². The topological polar surface area (TPSA) is 82.4 Å². The molecule has 4 N–H and O–H groups in total. The smallest absolute Gasteiger partial charge is 0.248 e. The molecule has 1 amide bonds. The van der Waals surface area contributed by atoms with Crippen LogP contribution in [0.15, 0.2) is 60.8 Å². The fourth-order valence-electron chi connectivity index (χ4n) is 3.77. The SMILES string of the molecule is NC(=O)c1ccc2[nH]cc(CSCCN3CC=CC(c4cccc(O)c4)C3)c2c1. The lowest BCUT2D eigenvalue weighted by Gasteiger charge is -2.29. The molecule has 0 radical (unpaired) electrons. The van der Waals surface area contributed by atoms with Crippen molar-refractivity contribution in [2.75, 3.05) is 25.4 Å². The second-order valence-corrected chi connectivity index (χ2v) is 8.49. The number of amides is 1. The Morgan fingerprint density at radius 3 is 3.00 bits per heavy atom. The zero-order valence-corrected chi connectivity index (χ0v) is 17.0. The number of fused-ring (bicyclic) bond motifs is 1. The number of aromatic amines is 1. The van der Waals surface area contributed by atoms with E-state index in [-0.39, 0.29) is 0 Å². The predicted octanol–water partition coefficient (Wildman–Crippen LogP) is 3.86. The number of hydrogen-bond acceptors (Lipinski definition) is 4. The van der Waals surface area contributed by atoms with Gasteiger partial charge in [-0.05, 0) is 41.5 Å². The van der Waals surface area contributed by atoms with Crippen LogP contribution in [0.25, 0.3) is 10.9 Å². The highest BCUT2D eigenvalue weighted by Crippen LogP contribution is 2.26. The summed E-state index contributed by atoms with van der Waals surface area (Å²) in [6.07, 6.45) is 6.47. The first-order chi connectivity index (χ1) is 14.1. The number of H-pyrrole nitrogens is 1. The maximum absolute atomic E-state index is 11.4. The first-order valence-electron chi connectivity index (χ1n) is 9.75. The van der Waals surface area contributed by atoms with Crippen LogP contribution in [0.1, 0.15) is 27.4 Å². The Kier molecular flexibility index (Phi) is 5.92. The number of carbonyl (C=O) groups excluding carboxylic acids is 1. The summed E-state index contributed by atoms with van der Waals surface area (Å²) >= 11 is 1.89. The van der Waals surface area contributed by atoms with Gasteiger partial charge in [0.15, 0.2) is 0 Å². The Morgan fingerprint density at radius 2 is 2.17 bits per heavy atom. The summed E-state index contributed by atoms with van der Waals surface area (Å²) in [4.78, 5) is 17.2. The first kappa shape index (κ1) is 19.6. The van der Waals surface area contributed by atoms with Crippen LogP contribution >= 0.6 is 11.8 Å². The molecule has 0 aliphatic carbocycles. The van der Waals surface area contributed by atoms with E-state index in [4.69, 9.17) is 5.73 Å². The average Bonchev–Trinajstić information content (AvgIpc) is 3.13. The first-order valence-corrected chi connectivity index (χ1v) is 10.9. The van der Waals surface area contributed by atoms with Gasteiger partial charge in [-0.1, -0.05) is 24.3 Å². The number of aromatic nitrogens is 1. The second kappa shape index (κ2) is 8.76. The van der Waals surface area contributed by atoms with Crippen molar-refractivity contribution in [2.45, 2.75) is 11.7 Å². The molecule has 0 saturated carbocycles. The molecule has 1 atom stereocenters. The Bertz CT molecular complexity index is 1040. The van der Waals surface area contributed by atoms with Crippen molar-refractivity contribution in [3.8, 4) is 5.75 Å². The summed E-state index contributed by atoms with van der Waals surface area (Å²) < 4.78 is 0. The largest absolute Gasteiger partial charge is 0.508 e. The number of benzene rings is 2. The summed E-state index contributed by atoms with van der Waals surface area (Å²) in [7, 11) is 0. The third kappa shape index (κ3) is 4.66. The van der Waals surface area contributed by atoms with E-state index in [2.05, 4.69) is 28.1 Å². The quantitative estimate of drug-likeness (QED) is 0.410. The zero-order valence-electron chi connectivity index (χ0n) is 16.2. The van der Waals surface area contributed by atoms with Crippen LogP contribution in [0.2, 0.25) is 0 Å². The predicted molar refractivity (Wildman–Crippen MR) is 119 cm³/mol. The van der Waals surface area contributed by atoms with Crippen molar-refractivity contribution in [3.63, 3.8) is 0 Å². The normalized spacial score (nSPS) is 17.0. The van der Waals surface area contributed by atoms with E-state index >= 15 is 0 Å². The molecule has 1 unspecified atom stereocenters. The average molecular weight is 408 g/mol. The number of thioether (sulfide) groups is 1. The van der Waals surface area contributed by atoms with Crippen LogP contribution in [0, 0.1) is 0 Å². The fraction of sp³-hybridized carbons (Fsp3) is 0.261. The molecule has 4 rings (SSSR count). The van der Waals surface area contributed by atoms with Gasteiger partial charge in [0, 0.05) is 59.7 Å². The minimum Gasteiger partial charge on any atom is -0.508 e. The Balaban J connectivity index is 1.31. The van der Waals surface area contributed by atoms with Crippen molar-refractivity contribution in [1.82, 2.24) is 9.88 Å². The molecular formula is C23H25N3O2S. The third-order valence-corrected chi connectivity index (χ3v) is 6.33. The summed E-state index contributed by atoms with van der Waals surface area (Å²) in [6.45, 7) is 2.94. The number of aromatic hydroxyl groups is 1. The summed E-state index contributed by atoms with van der Waals surface area (Å²) in [5.74, 6) is 2.17. The van der Waals surface area contributed by atoms with Crippen LogP contribution in [-0.4, -0.2) is 46.3 Å². The number of nitrogens with one attached hydrogen (secondary N) is 1. The summed E-state index contributed by atoms with van der Waals surface area (Å²) in [5.41, 5.74) is 9.34. The number of phenols is 1. The van der Waals surface area contributed by atoms with Crippen molar-refractivity contribution in [2.24, 2.45) is 5.73 Å². The van der Waals surface area contributed by atoms with E-state index in [1.54, 1.807) is 12.1 Å². The van der Waals surface area contributed by atoms with Crippen LogP contribution < -0.4 is 5.73 Å². The van der Waals surface area contributed by atoms with Crippen molar-refractivity contribution >= 4 is 28.6 Å². The standard InChI is InChI=1S/C23H25N3O2S/c24-23(28)17-6-7-22-21(12-17)19(13-25-22)15-29-10-9-26-8-2-4-18(14-26)16-3-1-5-20(27)11-16/h1-7,11-13,18,25,27H,8-10,14-15H2,(H2,24,28). The molecule has 6 heteroatoms. The molecule has 29 heavy (non-hydrogen) atoms. The molecule has 1 aliphatic rings. The lowest BCUT2D eigenvalue weighted by Crippen LogP contribution is -2.33. The van der Waals surface area contributed by atoms with Crippen LogP contribution in [0.4, 0.5) is 0 Å². The number of nitrogens with two attached hydrogens (primary N) is 1. The van der Waals surface area contributed by atoms with E-state index in [0.717, 1.165) is 47.6 Å². The van der Waals surface area contributed by atoms with E-state index in [0.29, 0.717) is 17.2 Å². The fourth-order valence-corrected chi connectivity index (χ4v) is 4.76. The van der Waals surface area contributed by atoms with E-state index in [1.165, 1.54) is 5.56 Å². The third-order valence-electron chi connectivity index (χ3n) is 5.35. The van der Waals surface area contributed by atoms with Gasteiger partial charge in [-0.25, -0.2) is 0 Å². The van der Waals surface area contributed by atoms with E-state index < -0.39 is 5.91 Å². The maximum Gasteiger partial charge on any atom is 0.248 e. The van der Waals surface area contributed by atoms with Crippen LogP contribution in [0.3, 0.4) is 0 Å². The molecule has 0 bridgehead atoms. The molecule has 0 saturated heterocycles. The lowest BCUT2D eigenvalue weighted by molar-refractivity contribution is 0.100. The molecule has 1 aliphatic heterocycles. The number of carbonyl (C=O) groups is 1. The zero-order chi connectivity index (χ0) is 20.2. The monoisotopic (exact) mass is 407 g/mol. The van der Waals surface area contributed by atoms with Gasteiger partial charge in [0.05, 0.1) is 0 Å². The lowest BCUT2D eigenvalue weighted by atomic mass is 9.95. The minimum atomic E-state index is -0.397. The van der Waals surface area contributed by atoms with Gasteiger partial charge in [0.1, 0.15) is 5.75 Å². The van der Waals surface area contributed by atoms with Gasteiger partial charge in [0.25, 0.3) is 0 Å². The Hall–Kier alpha value is -2.70. The molecule has 150 valence electrons. The maximum atomic E-state index is 11.4. The highest BCUT2D eigenvalue weighted by atomic mass is 32.2. The van der Waals surface area contributed by atoms with E-state index in [1.807, 2.05) is 42.2 Å². The molecule has 5 nitrogen and oxygen atoms in total. The Labute approximate surface area is 174 Å². The van der Waals surface area contributed by atoms with Gasteiger partial charge in [-0.15, -0.1) is 0 Å². The number of nitrogens with zero attached hydrogens (tertiary/aromatic N) is 1. The molecule has 0 spiro atoms. The molecule has 2 aromatic carbocycles. The van der Waals surface area contributed by atoms with Crippen molar-refractivity contribution in [1.29, 1.82) is 0 Å². The van der Waals surface area contributed by atoms with Gasteiger partial charge < -0.3 is 15.8 Å². The number of hydrogen-bond donors (Lipinski definition) is 3. The molecule has 3 aromatic rings. The summed E-state index contributed by atoms with van der Waals surface area (Å²) in [6, 6.07) is 13.1. The van der Waals surface area contributed by atoms with Crippen LogP contribution in [-0.2, 0) is 5.75 Å². The van der Waals surface area contributed by atoms with Gasteiger partial charge in [-0.3, -0.25) is 9.69 Å². The Morgan fingerprint density at radius 1 is 1.28 bits per heavy atom. The molecular weight excluding hydrogens is 382 g/mol. The van der Waals surface area contributed by atoms with Gasteiger partial charge >= 0.3 is 0 Å². The molecule has 2 heterocycles. The van der Waals surface area contributed by atoms with Crippen LogP contribution in [0.5, 0.6) is 5.75 Å². The number of rotatable bonds is 7. The molecule has 1 aromatic heterocycles. The minimum absolute atomic E-state index is 0.321. The highest BCUT2D eigenvalue weighted by Gasteiger charge is 2.17.